The molecule has 0 aliphatic heterocycles. The molecule has 0 bridgehead atoms. The first-order chi connectivity index (χ1) is 18.2. The van der Waals surface area contributed by atoms with Crippen molar-refractivity contribution in [2.75, 3.05) is 13.2 Å². The Balaban J connectivity index is 1.60. The summed E-state index contributed by atoms with van der Waals surface area (Å²) >= 11 is 0. The van der Waals surface area contributed by atoms with Crippen LogP contribution in [0.15, 0.2) is 60.7 Å². The number of alkyl halides is 3. The van der Waals surface area contributed by atoms with E-state index in [1.54, 1.807) is 25.1 Å². The van der Waals surface area contributed by atoms with Crippen LogP contribution in [0.3, 0.4) is 0 Å². The van der Waals surface area contributed by atoms with Crippen molar-refractivity contribution < 1.29 is 32.9 Å². The molecule has 3 rings (SSSR count). The molecule has 2 atom stereocenters. The molecular formula is C31H36F3NO4. The molecule has 0 fully saturated rings. The molecule has 0 saturated carbocycles. The van der Waals surface area contributed by atoms with E-state index in [0.717, 1.165) is 16.7 Å². The molecule has 5 nitrogen and oxygen atoms in total. The minimum absolute atomic E-state index is 0.0539. The maximum atomic E-state index is 13.3. The molecule has 0 heterocycles. The van der Waals surface area contributed by atoms with E-state index in [0.29, 0.717) is 17.5 Å². The molecule has 0 radical (unpaired) electrons. The van der Waals surface area contributed by atoms with Gasteiger partial charge in [-0.3, -0.25) is 0 Å². The van der Waals surface area contributed by atoms with Gasteiger partial charge < -0.3 is 20.3 Å². The van der Waals surface area contributed by atoms with Gasteiger partial charge >= 0.3 is 12.1 Å². The van der Waals surface area contributed by atoms with E-state index < -0.39 is 29.4 Å². The fourth-order valence-corrected chi connectivity index (χ4v) is 4.64. The number of aliphatic hydroxyl groups excluding tert-OH is 1. The summed E-state index contributed by atoms with van der Waals surface area (Å²) < 4.78 is 45.8. The molecule has 0 unspecified atom stereocenters. The highest BCUT2D eigenvalue weighted by molar-refractivity contribution is 5.90. The van der Waals surface area contributed by atoms with Gasteiger partial charge in [0.05, 0.1) is 29.9 Å². The number of carboxylic acids is 1. The predicted octanol–water partition coefficient (Wildman–Crippen LogP) is 6.74. The zero-order valence-corrected chi connectivity index (χ0v) is 22.9. The van der Waals surface area contributed by atoms with E-state index in [1.165, 1.54) is 19.1 Å². The molecule has 3 aromatic rings. The van der Waals surface area contributed by atoms with Crippen molar-refractivity contribution in [3.8, 4) is 11.1 Å². The van der Waals surface area contributed by atoms with Crippen LogP contribution in [0.25, 0.3) is 11.1 Å². The molecule has 0 aliphatic carbocycles. The Morgan fingerprint density at radius 1 is 1.00 bits per heavy atom. The normalized spacial score (nSPS) is 13.8. The van der Waals surface area contributed by atoms with E-state index in [9.17, 15) is 28.2 Å². The van der Waals surface area contributed by atoms with Crippen molar-refractivity contribution in [2.24, 2.45) is 0 Å². The van der Waals surface area contributed by atoms with Crippen molar-refractivity contribution in [2.45, 2.75) is 65.0 Å². The topological polar surface area (TPSA) is 78.8 Å². The molecular weight excluding hydrogens is 507 g/mol. The summed E-state index contributed by atoms with van der Waals surface area (Å²) in [4.78, 5) is 11.4. The highest BCUT2D eigenvalue weighted by Crippen LogP contribution is 2.33. The summed E-state index contributed by atoms with van der Waals surface area (Å²) in [6.07, 6.45) is -5.23. The lowest BCUT2D eigenvalue weighted by molar-refractivity contribution is -0.138. The van der Waals surface area contributed by atoms with Crippen LogP contribution in [0.4, 0.5) is 13.2 Å². The van der Waals surface area contributed by atoms with Gasteiger partial charge in [0.1, 0.15) is 0 Å². The molecule has 39 heavy (non-hydrogen) atoms. The Hall–Kier alpha value is -3.20. The minimum atomic E-state index is -4.40. The monoisotopic (exact) mass is 543 g/mol. The molecule has 0 aromatic heterocycles. The van der Waals surface area contributed by atoms with Crippen LogP contribution in [0.1, 0.15) is 65.1 Å². The van der Waals surface area contributed by atoms with Gasteiger partial charge in [-0.1, -0.05) is 48.5 Å². The van der Waals surface area contributed by atoms with Crippen molar-refractivity contribution in [1.82, 2.24) is 5.32 Å². The standard InChI is InChI=1S/C31H36F3NO4/c1-19-10-11-22(15-28(19)31(32,33)34)16-30(4,5)35-17-24(36)18-39-21(3)26-8-6-7-9-27(26)23-12-13-25(29(37)38)20(2)14-23/h6-15,21,24,35-36H,16-18H2,1-5H3,(H,37,38)/t21-,24-/m1/s1. The summed E-state index contributed by atoms with van der Waals surface area (Å²) in [5.74, 6) is -0.972. The third-order valence-electron chi connectivity index (χ3n) is 6.77. The highest BCUT2D eigenvalue weighted by atomic mass is 19.4. The van der Waals surface area contributed by atoms with Crippen LogP contribution in [-0.4, -0.2) is 41.0 Å². The first-order valence-corrected chi connectivity index (χ1v) is 12.8. The second-order valence-corrected chi connectivity index (χ2v) is 10.6. The molecule has 3 aromatic carbocycles. The predicted molar refractivity (Wildman–Crippen MR) is 146 cm³/mol. The van der Waals surface area contributed by atoms with Crippen molar-refractivity contribution in [3.05, 3.63) is 94.0 Å². The molecule has 3 N–H and O–H groups in total. The van der Waals surface area contributed by atoms with Crippen LogP contribution in [0, 0.1) is 13.8 Å². The third kappa shape index (κ3) is 8.14. The lowest BCUT2D eigenvalue weighted by atomic mass is 9.92. The Bertz CT molecular complexity index is 1300. The zero-order valence-electron chi connectivity index (χ0n) is 22.9. The van der Waals surface area contributed by atoms with Gasteiger partial charge in [0, 0.05) is 12.1 Å². The van der Waals surface area contributed by atoms with E-state index in [1.807, 2.05) is 51.1 Å². The second kappa shape index (κ2) is 12.3. The van der Waals surface area contributed by atoms with E-state index in [-0.39, 0.29) is 30.4 Å². The van der Waals surface area contributed by atoms with E-state index in [4.69, 9.17) is 4.74 Å². The Morgan fingerprint density at radius 3 is 2.33 bits per heavy atom. The number of carboxylic acid groups (broad SMARTS) is 1. The molecule has 210 valence electrons. The number of β-amino-alcohol motifs (C(OH)–C–C–N with tert-alkyl or cyclic N) is 1. The van der Waals surface area contributed by atoms with E-state index >= 15 is 0 Å². The van der Waals surface area contributed by atoms with E-state index in [2.05, 4.69) is 5.32 Å². The Kier molecular flexibility index (Phi) is 9.59. The van der Waals surface area contributed by atoms with Crippen LogP contribution in [-0.2, 0) is 17.3 Å². The van der Waals surface area contributed by atoms with Crippen molar-refractivity contribution in [1.29, 1.82) is 0 Å². The lowest BCUT2D eigenvalue weighted by Gasteiger charge is -2.29. The summed E-state index contributed by atoms with van der Waals surface area (Å²) in [5, 5.41) is 23.1. The molecule has 0 aliphatic rings. The number of nitrogens with one attached hydrogen (secondary N) is 1. The van der Waals surface area contributed by atoms with Crippen molar-refractivity contribution >= 4 is 5.97 Å². The van der Waals surface area contributed by atoms with Gasteiger partial charge in [-0.25, -0.2) is 4.79 Å². The molecule has 0 spiro atoms. The van der Waals surface area contributed by atoms with Gasteiger partial charge in [0.25, 0.3) is 0 Å². The van der Waals surface area contributed by atoms with Crippen LogP contribution in [0.2, 0.25) is 0 Å². The highest BCUT2D eigenvalue weighted by Gasteiger charge is 2.33. The van der Waals surface area contributed by atoms with Gasteiger partial charge in [-0.05, 0) is 86.6 Å². The Labute approximate surface area is 227 Å². The lowest BCUT2D eigenvalue weighted by Crippen LogP contribution is -2.46. The third-order valence-corrected chi connectivity index (χ3v) is 6.77. The van der Waals surface area contributed by atoms with Crippen LogP contribution >= 0.6 is 0 Å². The summed E-state index contributed by atoms with van der Waals surface area (Å²) in [6, 6.07) is 17.2. The number of ether oxygens (including phenoxy) is 1. The first-order valence-electron chi connectivity index (χ1n) is 12.8. The molecule has 8 heteroatoms. The molecule has 0 saturated heterocycles. The quantitative estimate of drug-likeness (QED) is 0.250. The number of aliphatic hydroxyl groups is 1. The summed E-state index contributed by atoms with van der Waals surface area (Å²) in [5.41, 5.74) is 3.16. The Morgan fingerprint density at radius 2 is 1.69 bits per heavy atom. The van der Waals surface area contributed by atoms with Gasteiger partial charge in [0.2, 0.25) is 0 Å². The number of hydrogen-bond donors (Lipinski definition) is 3. The number of halogens is 3. The maximum Gasteiger partial charge on any atom is 0.416 e. The minimum Gasteiger partial charge on any atom is -0.478 e. The largest absolute Gasteiger partial charge is 0.478 e. The number of benzene rings is 3. The fourth-order valence-electron chi connectivity index (χ4n) is 4.64. The zero-order chi connectivity index (χ0) is 29.0. The second-order valence-electron chi connectivity index (χ2n) is 10.6. The van der Waals surface area contributed by atoms with Gasteiger partial charge in [-0.2, -0.15) is 13.2 Å². The summed E-state index contributed by atoms with van der Waals surface area (Å²) in [6.45, 7) is 9.11. The number of carbonyl (C=O) groups is 1. The van der Waals surface area contributed by atoms with Crippen LogP contribution < -0.4 is 5.32 Å². The SMILES string of the molecule is Cc1cc(-c2ccccc2[C@@H](C)OC[C@H](O)CNC(C)(C)Cc2ccc(C)c(C(F)(F)F)c2)ccc1C(=O)O. The number of aromatic carboxylic acids is 1. The maximum absolute atomic E-state index is 13.3. The van der Waals surface area contributed by atoms with Gasteiger partial charge in [0.15, 0.2) is 0 Å². The molecule has 0 amide bonds. The number of rotatable bonds is 11. The van der Waals surface area contributed by atoms with Crippen LogP contribution in [0.5, 0.6) is 0 Å². The average molecular weight is 544 g/mol. The number of hydrogen-bond acceptors (Lipinski definition) is 4. The smallest absolute Gasteiger partial charge is 0.416 e. The number of aryl methyl sites for hydroxylation is 2. The van der Waals surface area contributed by atoms with Crippen molar-refractivity contribution in [3.63, 3.8) is 0 Å². The fraction of sp³-hybridized carbons (Fsp3) is 0.387. The van der Waals surface area contributed by atoms with Gasteiger partial charge in [-0.15, -0.1) is 0 Å². The average Bonchev–Trinajstić information content (AvgIpc) is 2.86. The summed E-state index contributed by atoms with van der Waals surface area (Å²) in [7, 11) is 0. The first kappa shape index (κ1) is 30.3.